The number of aliphatic hydroxyl groups is 1. The number of aliphatic hydroxyl groups excluding tert-OH is 1. The zero-order chi connectivity index (χ0) is 15.6. The maximum absolute atomic E-state index is 12.2. The van der Waals surface area contributed by atoms with Crippen molar-refractivity contribution in [2.24, 2.45) is 0 Å². The van der Waals surface area contributed by atoms with Gasteiger partial charge < -0.3 is 14.7 Å². The van der Waals surface area contributed by atoms with Gasteiger partial charge in [-0.05, 0) is 24.6 Å². The molecule has 0 unspecified atom stereocenters. The average Bonchev–Trinajstić information content (AvgIpc) is 2.70. The largest absolute Gasteiger partial charge is 0.503 e. The van der Waals surface area contributed by atoms with Crippen molar-refractivity contribution < 1.29 is 19.4 Å². The molecule has 0 fully saturated rings. The van der Waals surface area contributed by atoms with E-state index in [-0.39, 0.29) is 11.4 Å². The zero-order valence-electron chi connectivity index (χ0n) is 11.8. The predicted octanol–water partition coefficient (Wildman–Crippen LogP) is 2.38. The number of rotatable bonds is 5. The molecular formula is C15H16BrNO4. The van der Waals surface area contributed by atoms with Crippen LogP contribution in [0.3, 0.4) is 0 Å². The van der Waals surface area contributed by atoms with Crippen LogP contribution in [0.25, 0.3) is 0 Å². The van der Waals surface area contributed by atoms with Crippen molar-refractivity contribution in [1.82, 2.24) is 4.90 Å². The summed E-state index contributed by atoms with van der Waals surface area (Å²) in [5.74, 6) is -1.31. The van der Waals surface area contributed by atoms with E-state index in [9.17, 15) is 14.7 Å². The number of nitrogens with zero attached hydrogens (tertiary/aromatic N) is 1. The van der Waals surface area contributed by atoms with Gasteiger partial charge in [-0.15, -0.1) is 0 Å². The summed E-state index contributed by atoms with van der Waals surface area (Å²) in [4.78, 5) is 25.5. The highest BCUT2D eigenvalue weighted by Crippen LogP contribution is 2.37. The Kier molecular flexibility index (Phi) is 4.80. The van der Waals surface area contributed by atoms with E-state index in [1.54, 1.807) is 0 Å². The second kappa shape index (κ2) is 6.41. The third kappa shape index (κ3) is 3.01. The molecule has 1 N–H and O–H groups in total. The molecule has 1 aliphatic rings. The van der Waals surface area contributed by atoms with Crippen molar-refractivity contribution >= 4 is 27.6 Å². The highest BCUT2D eigenvalue weighted by Gasteiger charge is 2.41. The SMILES string of the molecule is COCCN1C(=O)C(O)=C(C(C)=O)[C@H]1c1ccc(Br)cc1. The summed E-state index contributed by atoms with van der Waals surface area (Å²) in [5.41, 5.74) is 0.912. The molecule has 1 aliphatic heterocycles. The number of carbonyl (C=O) groups is 2. The van der Waals surface area contributed by atoms with Crippen LogP contribution in [-0.2, 0) is 14.3 Å². The molecule has 1 aromatic carbocycles. The molecule has 0 aliphatic carbocycles. The summed E-state index contributed by atoms with van der Waals surface area (Å²) in [6.07, 6.45) is 0. The highest BCUT2D eigenvalue weighted by molar-refractivity contribution is 9.10. The minimum Gasteiger partial charge on any atom is -0.503 e. The number of benzene rings is 1. The van der Waals surface area contributed by atoms with Gasteiger partial charge in [-0.2, -0.15) is 0 Å². The smallest absolute Gasteiger partial charge is 0.290 e. The van der Waals surface area contributed by atoms with Gasteiger partial charge >= 0.3 is 0 Å². The molecule has 1 aromatic rings. The molecule has 0 spiro atoms. The summed E-state index contributed by atoms with van der Waals surface area (Å²) in [6.45, 7) is 1.98. The predicted molar refractivity (Wildman–Crippen MR) is 80.8 cm³/mol. The van der Waals surface area contributed by atoms with Crippen LogP contribution in [0.4, 0.5) is 0 Å². The quantitative estimate of drug-likeness (QED) is 0.882. The molecule has 2 rings (SSSR count). The number of hydrogen-bond donors (Lipinski definition) is 1. The minimum atomic E-state index is -0.571. The second-order valence-corrected chi connectivity index (χ2v) is 5.68. The van der Waals surface area contributed by atoms with Crippen molar-refractivity contribution in [1.29, 1.82) is 0 Å². The first-order chi connectivity index (χ1) is 9.97. The number of ether oxygens (including phenoxy) is 1. The Morgan fingerprint density at radius 1 is 1.38 bits per heavy atom. The van der Waals surface area contributed by atoms with Gasteiger partial charge in [0.15, 0.2) is 11.5 Å². The van der Waals surface area contributed by atoms with E-state index in [2.05, 4.69) is 15.9 Å². The lowest BCUT2D eigenvalue weighted by molar-refractivity contribution is -0.130. The molecular weight excluding hydrogens is 338 g/mol. The lowest BCUT2D eigenvalue weighted by Gasteiger charge is -2.26. The highest BCUT2D eigenvalue weighted by atomic mass is 79.9. The van der Waals surface area contributed by atoms with Crippen molar-refractivity contribution in [2.45, 2.75) is 13.0 Å². The number of halogens is 1. The second-order valence-electron chi connectivity index (χ2n) is 4.76. The van der Waals surface area contributed by atoms with Crippen LogP contribution < -0.4 is 0 Å². The van der Waals surface area contributed by atoms with Crippen molar-refractivity contribution in [3.05, 3.63) is 45.6 Å². The Bertz CT molecular complexity index is 594. The van der Waals surface area contributed by atoms with E-state index in [0.717, 1.165) is 10.0 Å². The number of ketones is 1. The van der Waals surface area contributed by atoms with Gasteiger partial charge in [0.05, 0.1) is 18.2 Å². The summed E-state index contributed by atoms with van der Waals surface area (Å²) < 4.78 is 5.90. The molecule has 0 saturated heterocycles. The van der Waals surface area contributed by atoms with Gasteiger partial charge in [0.2, 0.25) is 0 Å². The monoisotopic (exact) mass is 353 g/mol. The molecule has 21 heavy (non-hydrogen) atoms. The summed E-state index contributed by atoms with van der Waals surface area (Å²) in [5, 5.41) is 10.0. The maximum atomic E-state index is 12.2. The fourth-order valence-corrected chi connectivity index (χ4v) is 2.69. The van der Waals surface area contributed by atoms with Crippen LogP contribution >= 0.6 is 15.9 Å². The third-order valence-electron chi connectivity index (χ3n) is 3.41. The molecule has 0 radical (unpaired) electrons. The van der Waals surface area contributed by atoms with Gasteiger partial charge in [0.25, 0.3) is 5.91 Å². The van der Waals surface area contributed by atoms with Gasteiger partial charge in [-0.3, -0.25) is 9.59 Å². The number of hydrogen-bond acceptors (Lipinski definition) is 4. The van der Waals surface area contributed by atoms with Crippen LogP contribution in [0.1, 0.15) is 18.5 Å². The molecule has 5 nitrogen and oxygen atoms in total. The molecule has 0 bridgehead atoms. The van der Waals surface area contributed by atoms with E-state index < -0.39 is 17.7 Å². The van der Waals surface area contributed by atoms with Crippen LogP contribution in [-0.4, -0.2) is 42.0 Å². The Morgan fingerprint density at radius 3 is 2.52 bits per heavy atom. The van der Waals surface area contributed by atoms with Gasteiger partial charge in [-0.25, -0.2) is 0 Å². The van der Waals surface area contributed by atoms with E-state index in [0.29, 0.717) is 13.2 Å². The number of carbonyl (C=O) groups excluding carboxylic acids is 2. The molecule has 1 amide bonds. The Balaban J connectivity index is 2.46. The van der Waals surface area contributed by atoms with E-state index >= 15 is 0 Å². The molecule has 1 heterocycles. The Morgan fingerprint density at radius 2 is 2.00 bits per heavy atom. The topological polar surface area (TPSA) is 66.8 Å². The Labute approximate surface area is 131 Å². The van der Waals surface area contributed by atoms with E-state index in [1.165, 1.54) is 18.9 Å². The van der Waals surface area contributed by atoms with Crippen molar-refractivity contribution in [3.63, 3.8) is 0 Å². The first-order valence-corrected chi connectivity index (χ1v) is 7.26. The fourth-order valence-electron chi connectivity index (χ4n) is 2.43. The van der Waals surface area contributed by atoms with Gasteiger partial charge in [0, 0.05) is 18.1 Å². The zero-order valence-corrected chi connectivity index (χ0v) is 13.4. The summed E-state index contributed by atoms with van der Waals surface area (Å²) >= 11 is 3.35. The first-order valence-electron chi connectivity index (χ1n) is 6.46. The van der Waals surface area contributed by atoms with Crippen LogP contribution in [0.15, 0.2) is 40.1 Å². The molecule has 112 valence electrons. The van der Waals surface area contributed by atoms with E-state index in [1.807, 2.05) is 24.3 Å². The number of amides is 1. The number of methoxy groups -OCH3 is 1. The van der Waals surface area contributed by atoms with Crippen LogP contribution in [0.5, 0.6) is 0 Å². The first kappa shape index (κ1) is 15.7. The Hall–Kier alpha value is -1.66. The summed E-state index contributed by atoms with van der Waals surface area (Å²) in [6, 6.07) is 6.74. The average molecular weight is 354 g/mol. The maximum Gasteiger partial charge on any atom is 0.290 e. The lowest BCUT2D eigenvalue weighted by Crippen LogP contribution is -2.33. The third-order valence-corrected chi connectivity index (χ3v) is 3.93. The molecule has 0 saturated carbocycles. The minimum absolute atomic E-state index is 0.137. The molecule has 1 atom stereocenters. The van der Waals surface area contributed by atoms with Crippen LogP contribution in [0, 0.1) is 0 Å². The summed E-state index contributed by atoms with van der Waals surface area (Å²) in [7, 11) is 1.54. The molecule has 6 heteroatoms. The normalized spacial score (nSPS) is 18.5. The molecule has 0 aromatic heterocycles. The van der Waals surface area contributed by atoms with Gasteiger partial charge in [-0.1, -0.05) is 28.1 Å². The number of Topliss-reactive ketones (excluding diaryl/α,β-unsaturated/α-hetero) is 1. The van der Waals surface area contributed by atoms with Crippen LogP contribution in [0.2, 0.25) is 0 Å². The standard InChI is InChI=1S/C15H16BrNO4/c1-9(18)12-13(10-3-5-11(16)6-4-10)17(7-8-21-2)15(20)14(12)19/h3-6,13,19H,7-8H2,1-2H3/t13-/m1/s1. The fraction of sp³-hybridized carbons (Fsp3) is 0.333. The lowest BCUT2D eigenvalue weighted by atomic mass is 9.97. The van der Waals surface area contributed by atoms with Gasteiger partial charge in [0.1, 0.15) is 0 Å². The van der Waals surface area contributed by atoms with E-state index in [4.69, 9.17) is 4.74 Å². The van der Waals surface area contributed by atoms with Crippen molar-refractivity contribution in [3.8, 4) is 0 Å². The van der Waals surface area contributed by atoms with Crippen molar-refractivity contribution in [2.75, 3.05) is 20.3 Å².